The molecule has 1 heterocycles. The molecule has 2 aromatic rings. The van der Waals surface area contributed by atoms with Crippen LogP contribution in [-0.4, -0.2) is 19.6 Å². The van der Waals surface area contributed by atoms with E-state index >= 15 is 0 Å². The molecule has 1 saturated heterocycles. The summed E-state index contributed by atoms with van der Waals surface area (Å²) in [5.74, 6) is 0.918. The standard InChI is InChI=1S/C17H20N2O.ClH/c1-2-4-14(5-3-1)13-20-16-8-6-15(7-9-16)17-12-18-10-11-19-17;/h1-9,17-19H,10-13H2;1H/t17-;/m1./s1. The summed E-state index contributed by atoms with van der Waals surface area (Å²) in [4.78, 5) is 0. The van der Waals surface area contributed by atoms with E-state index in [1.807, 2.05) is 18.2 Å². The summed E-state index contributed by atoms with van der Waals surface area (Å²) in [6.45, 7) is 3.68. The second kappa shape index (κ2) is 8.03. The Hall–Kier alpha value is -1.55. The van der Waals surface area contributed by atoms with Gasteiger partial charge >= 0.3 is 0 Å². The molecule has 1 fully saturated rings. The maximum Gasteiger partial charge on any atom is 0.119 e. The first-order valence-electron chi connectivity index (χ1n) is 7.12. The van der Waals surface area contributed by atoms with Gasteiger partial charge in [-0.05, 0) is 23.3 Å². The van der Waals surface area contributed by atoms with Crippen molar-refractivity contribution in [2.75, 3.05) is 19.6 Å². The highest BCUT2D eigenvalue weighted by Crippen LogP contribution is 2.19. The Morgan fingerprint density at radius 1 is 0.952 bits per heavy atom. The van der Waals surface area contributed by atoms with Crippen molar-refractivity contribution in [2.24, 2.45) is 0 Å². The molecular weight excluding hydrogens is 284 g/mol. The van der Waals surface area contributed by atoms with Crippen molar-refractivity contribution in [3.63, 3.8) is 0 Å². The van der Waals surface area contributed by atoms with Gasteiger partial charge < -0.3 is 15.4 Å². The monoisotopic (exact) mass is 304 g/mol. The zero-order valence-corrected chi connectivity index (χ0v) is 12.7. The molecule has 1 aliphatic rings. The molecule has 0 saturated carbocycles. The van der Waals surface area contributed by atoms with Gasteiger partial charge in [-0.15, -0.1) is 12.4 Å². The molecular formula is C17H21ClN2O. The molecule has 0 bridgehead atoms. The minimum Gasteiger partial charge on any atom is -0.489 e. The number of rotatable bonds is 4. The molecule has 0 radical (unpaired) electrons. The minimum absolute atomic E-state index is 0. The van der Waals surface area contributed by atoms with E-state index in [2.05, 4.69) is 47.0 Å². The number of halogens is 1. The number of nitrogens with one attached hydrogen (secondary N) is 2. The molecule has 1 aliphatic heterocycles. The summed E-state index contributed by atoms with van der Waals surface area (Å²) < 4.78 is 5.80. The van der Waals surface area contributed by atoms with Gasteiger partial charge in [-0.1, -0.05) is 42.5 Å². The van der Waals surface area contributed by atoms with Crippen LogP contribution in [0.2, 0.25) is 0 Å². The summed E-state index contributed by atoms with van der Waals surface area (Å²) in [6, 6.07) is 19.0. The Labute approximate surface area is 132 Å². The lowest BCUT2D eigenvalue weighted by Gasteiger charge is -2.24. The predicted molar refractivity (Wildman–Crippen MR) is 88.1 cm³/mol. The third-order valence-electron chi connectivity index (χ3n) is 3.57. The molecule has 112 valence electrons. The van der Waals surface area contributed by atoms with E-state index in [1.165, 1.54) is 11.1 Å². The molecule has 0 aliphatic carbocycles. The summed E-state index contributed by atoms with van der Waals surface area (Å²) in [5, 5.41) is 6.91. The van der Waals surface area contributed by atoms with Gasteiger partial charge in [0.25, 0.3) is 0 Å². The Morgan fingerprint density at radius 3 is 2.38 bits per heavy atom. The van der Waals surface area contributed by atoms with Crippen LogP contribution in [0.1, 0.15) is 17.2 Å². The first-order valence-corrected chi connectivity index (χ1v) is 7.12. The summed E-state index contributed by atoms with van der Waals surface area (Å²) >= 11 is 0. The number of hydrogen-bond acceptors (Lipinski definition) is 3. The third kappa shape index (κ3) is 4.46. The normalized spacial score (nSPS) is 17.8. The van der Waals surface area contributed by atoms with Crippen molar-refractivity contribution in [2.45, 2.75) is 12.6 Å². The third-order valence-corrected chi connectivity index (χ3v) is 3.57. The van der Waals surface area contributed by atoms with E-state index in [0.29, 0.717) is 12.6 Å². The predicted octanol–water partition coefficient (Wildman–Crippen LogP) is 2.92. The lowest BCUT2D eigenvalue weighted by atomic mass is 10.1. The van der Waals surface area contributed by atoms with Gasteiger partial charge in [-0.25, -0.2) is 0 Å². The average molecular weight is 305 g/mol. The summed E-state index contributed by atoms with van der Waals surface area (Å²) in [7, 11) is 0. The maximum atomic E-state index is 5.80. The fourth-order valence-corrected chi connectivity index (χ4v) is 2.43. The molecule has 0 amide bonds. The first kappa shape index (κ1) is 15.8. The van der Waals surface area contributed by atoms with Crippen LogP contribution in [0.15, 0.2) is 54.6 Å². The zero-order valence-electron chi connectivity index (χ0n) is 11.9. The first-order chi connectivity index (χ1) is 9.92. The van der Waals surface area contributed by atoms with Crippen molar-refractivity contribution in [1.29, 1.82) is 0 Å². The largest absolute Gasteiger partial charge is 0.489 e. The molecule has 1 atom stereocenters. The van der Waals surface area contributed by atoms with Crippen molar-refractivity contribution in [1.82, 2.24) is 10.6 Å². The number of hydrogen-bond donors (Lipinski definition) is 2. The van der Waals surface area contributed by atoms with Gasteiger partial charge in [0.2, 0.25) is 0 Å². The maximum absolute atomic E-state index is 5.80. The molecule has 0 aromatic heterocycles. The van der Waals surface area contributed by atoms with Crippen LogP contribution in [-0.2, 0) is 6.61 Å². The summed E-state index contributed by atoms with van der Waals surface area (Å²) in [6.07, 6.45) is 0. The van der Waals surface area contributed by atoms with Crippen molar-refractivity contribution in [3.8, 4) is 5.75 Å². The van der Waals surface area contributed by atoms with E-state index in [-0.39, 0.29) is 12.4 Å². The van der Waals surface area contributed by atoms with Crippen LogP contribution < -0.4 is 15.4 Å². The highest BCUT2D eigenvalue weighted by atomic mass is 35.5. The van der Waals surface area contributed by atoms with Crippen LogP contribution >= 0.6 is 12.4 Å². The molecule has 2 N–H and O–H groups in total. The number of ether oxygens (including phenoxy) is 1. The molecule has 0 unspecified atom stereocenters. The van der Waals surface area contributed by atoms with E-state index < -0.39 is 0 Å². The quantitative estimate of drug-likeness (QED) is 0.911. The molecule has 21 heavy (non-hydrogen) atoms. The average Bonchev–Trinajstić information content (AvgIpc) is 2.55. The highest BCUT2D eigenvalue weighted by Gasteiger charge is 2.13. The second-order valence-electron chi connectivity index (χ2n) is 5.05. The van der Waals surface area contributed by atoms with E-state index in [1.54, 1.807) is 0 Å². The topological polar surface area (TPSA) is 33.3 Å². The van der Waals surface area contributed by atoms with E-state index in [9.17, 15) is 0 Å². The summed E-state index contributed by atoms with van der Waals surface area (Å²) in [5.41, 5.74) is 2.50. The molecule has 0 spiro atoms. The Bertz CT molecular complexity index is 524. The smallest absolute Gasteiger partial charge is 0.119 e. The lowest BCUT2D eigenvalue weighted by molar-refractivity contribution is 0.306. The van der Waals surface area contributed by atoms with Crippen LogP contribution in [0.5, 0.6) is 5.75 Å². The lowest BCUT2D eigenvalue weighted by Crippen LogP contribution is -2.42. The van der Waals surface area contributed by atoms with Crippen LogP contribution in [0.25, 0.3) is 0 Å². The van der Waals surface area contributed by atoms with Crippen molar-refractivity contribution < 1.29 is 4.74 Å². The number of piperazine rings is 1. The Balaban J connectivity index is 0.00000161. The molecule has 3 nitrogen and oxygen atoms in total. The molecule has 2 aromatic carbocycles. The van der Waals surface area contributed by atoms with Gasteiger partial charge in [-0.2, -0.15) is 0 Å². The van der Waals surface area contributed by atoms with Gasteiger partial charge in [0.05, 0.1) is 0 Å². The van der Waals surface area contributed by atoms with Gasteiger partial charge in [0.15, 0.2) is 0 Å². The van der Waals surface area contributed by atoms with Gasteiger partial charge in [0, 0.05) is 25.7 Å². The van der Waals surface area contributed by atoms with Crippen LogP contribution in [0.3, 0.4) is 0 Å². The zero-order chi connectivity index (χ0) is 13.6. The van der Waals surface area contributed by atoms with E-state index in [4.69, 9.17) is 4.74 Å². The Kier molecular flexibility index (Phi) is 6.05. The molecule has 3 rings (SSSR count). The fraction of sp³-hybridized carbons (Fsp3) is 0.294. The van der Waals surface area contributed by atoms with E-state index in [0.717, 1.165) is 25.4 Å². The Morgan fingerprint density at radius 2 is 1.71 bits per heavy atom. The van der Waals surface area contributed by atoms with Crippen molar-refractivity contribution in [3.05, 3.63) is 65.7 Å². The van der Waals surface area contributed by atoms with Crippen molar-refractivity contribution >= 4 is 12.4 Å². The van der Waals surface area contributed by atoms with Crippen LogP contribution in [0.4, 0.5) is 0 Å². The minimum atomic E-state index is 0. The van der Waals surface area contributed by atoms with Crippen LogP contribution in [0, 0.1) is 0 Å². The second-order valence-corrected chi connectivity index (χ2v) is 5.05. The highest BCUT2D eigenvalue weighted by molar-refractivity contribution is 5.85. The fourth-order valence-electron chi connectivity index (χ4n) is 2.43. The SMILES string of the molecule is Cl.c1ccc(COc2ccc([C@H]3CNCCN3)cc2)cc1. The van der Waals surface area contributed by atoms with Gasteiger partial charge in [-0.3, -0.25) is 0 Å². The number of benzene rings is 2. The molecule has 4 heteroatoms. The van der Waals surface area contributed by atoms with Gasteiger partial charge in [0.1, 0.15) is 12.4 Å².